The summed E-state index contributed by atoms with van der Waals surface area (Å²) in [5, 5.41) is 4.24. The highest BCUT2D eigenvalue weighted by molar-refractivity contribution is 5.77. The number of ether oxygens (including phenoxy) is 1. The van der Waals surface area contributed by atoms with Gasteiger partial charge in [-0.1, -0.05) is 6.08 Å². The van der Waals surface area contributed by atoms with E-state index in [0.717, 1.165) is 43.4 Å². The molecule has 0 aliphatic heterocycles. The predicted molar refractivity (Wildman–Crippen MR) is 92.1 cm³/mol. The number of aromatic nitrogens is 3. The van der Waals surface area contributed by atoms with Gasteiger partial charge in [0.05, 0.1) is 11.1 Å². The van der Waals surface area contributed by atoms with Crippen LogP contribution in [0.2, 0.25) is 0 Å². The second-order valence-corrected chi connectivity index (χ2v) is 6.08. The average molecular weight is 355 g/mol. The van der Waals surface area contributed by atoms with E-state index < -0.39 is 11.6 Å². The van der Waals surface area contributed by atoms with Crippen LogP contribution in [-0.4, -0.2) is 14.6 Å². The number of hydrogen-bond donors (Lipinski definition) is 0. The third kappa shape index (κ3) is 3.08. The lowest BCUT2D eigenvalue weighted by Crippen LogP contribution is -2.17. The average Bonchev–Trinajstić information content (AvgIpc) is 2.65. The molecule has 0 saturated heterocycles. The Balaban J connectivity index is 1.75. The molecule has 26 heavy (non-hydrogen) atoms. The Hall–Kier alpha value is -3.09. The maximum Gasteiger partial charge on any atom is 0.280 e. The third-order valence-electron chi connectivity index (χ3n) is 4.31. The number of benzene rings is 1. The first kappa shape index (κ1) is 16.4. The van der Waals surface area contributed by atoms with Gasteiger partial charge in [-0.25, -0.2) is 13.3 Å². The van der Waals surface area contributed by atoms with Crippen molar-refractivity contribution in [2.24, 2.45) is 0 Å². The van der Waals surface area contributed by atoms with Crippen molar-refractivity contribution >= 4 is 11.1 Å². The van der Waals surface area contributed by atoms with Gasteiger partial charge in [0.15, 0.2) is 11.6 Å². The first-order valence-electron chi connectivity index (χ1n) is 8.33. The SMILES string of the molecule is O=c1ncn2nc(Oc3ccc(F)cc3F)ccc2c1C1=CCCCC1. The minimum Gasteiger partial charge on any atom is -0.434 e. The molecule has 2 heterocycles. The summed E-state index contributed by atoms with van der Waals surface area (Å²) in [6.07, 6.45) is 7.29. The number of allylic oxidation sites excluding steroid dienone is 2. The minimum atomic E-state index is -0.821. The summed E-state index contributed by atoms with van der Waals surface area (Å²) in [7, 11) is 0. The van der Waals surface area contributed by atoms with Crippen LogP contribution >= 0.6 is 0 Å². The molecule has 3 aromatic rings. The van der Waals surface area contributed by atoms with Gasteiger partial charge in [-0.15, -0.1) is 5.10 Å². The van der Waals surface area contributed by atoms with Crippen molar-refractivity contribution in [2.75, 3.05) is 0 Å². The molecule has 7 heteroatoms. The molecule has 4 rings (SSSR count). The molecular formula is C19H15F2N3O2. The summed E-state index contributed by atoms with van der Waals surface area (Å²) in [5.41, 5.74) is 1.84. The van der Waals surface area contributed by atoms with Crippen molar-refractivity contribution in [3.8, 4) is 11.6 Å². The lowest BCUT2D eigenvalue weighted by molar-refractivity contribution is 0.416. The molecule has 0 spiro atoms. The van der Waals surface area contributed by atoms with E-state index in [9.17, 15) is 13.6 Å². The van der Waals surface area contributed by atoms with Crippen LogP contribution in [0.4, 0.5) is 8.78 Å². The van der Waals surface area contributed by atoms with E-state index in [1.807, 2.05) is 0 Å². The van der Waals surface area contributed by atoms with Gasteiger partial charge in [0, 0.05) is 12.1 Å². The fourth-order valence-electron chi connectivity index (χ4n) is 3.08. The zero-order valence-electron chi connectivity index (χ0n) is 13.8. The smallest absolute Gasteiger partial charge is 0.280 e. The van der Waals surface area contributed by atoms with E-state index in [1.165, 1.54) is 16.9 Å². The molecule has 2 aromatic heterocycles. The van der Waals surface area contributed by atoms with Crippen LogP contribution in [0.1, 0.15) is 31.2 Å². The highest BCUT2D eigenvalue weighted by Crippen LogP contribution is 2.28. The quantitative estimate of drug-likeness (QED) is 0.709. The molecule has 1 aliphatic carbocycles. The summed E-state index contributed by atoms with van der Waals surface area (Å²) < 4.78 is 33.6. The van der Waals surface area contributed by atoms with Crippen LogP contribution in [0, 0.1) is 11.6 Å². The summed E-state index contributed by atoms with van der Waals surface area (Å²) in [6.45, 7) is 0. The molecule has 0 bridgehead atoms. The van der Waals surface area contributed by atoms with Crippen LogP contribution in [0.3, 0.4) is 0 Å². The summed E-state index contributed by atoms with van der Waals surface area (Å²) >= 11 is 0. The van der Waals surface area contributed by atoms with Crippen LogP contribution < -0.4 is 10.3 Å². The number of nitrogens with zero attached hydrogens (tertiary/aromatic N) is 3. The van der Waals surface area contributed by atoms with Gasteiger partial charge in [-0.3, -0.25) is 4.79 Å². The van der Waals surface area contributed by atoms with E-state index in [1.54, 1.807) is 12.1 Å². The van der Waals surface area contributed by atoms with Crippen molar-refractivity contribution in [2.45, 2.75) is 25.7 Å². The Morgan fingerprint density at radius 2 is 2.00 bits per heavy atom. The highest BCUT2D eigenvalue weighted by Gasteiger charge is 2.15. The lowest BCUT2D eigenvalue weighted by atomic mass is 9.94. The maximum absolute atomic E-state index is 13.7. The Morgan fingerprint density at radius 1 is 1.12 bits per heavy atom. The second kappa shape index (κ2) is 6.67. The fourth-order valence-corrected chi connectivity index (χ4v) is 3.08. The predicted octanol–water partition coefficient (Wildman–Crippen LogP) is 4.12. The maximum atomic E-state index is 13.7. The number of halogens is 2. The lowest BCUT2D eigenvalue weighted by Gasteiger charge is -2.14. The van der Waals surface area contributed by atoms with Crippen molar-refractivity contribution in [3.05, 3.63) is 70.3 Å². The third-order valence-corrected chi connectivity index (χ3v) is 4.31. The zero-order chi connectivity index (χ0) is 18.1. The van der Waals surface area contributed by atoms with Gasteiger partial charge < -0.3 is 4.74 Å². The second-order valence-electron chi connectivity index (χ2n) is 6.08. The number of hydrogen-bond acceptors (Lipinski definition) is 4. The molecule has 0 fully saturated rings. The van der Waals surface area contributed by atoms with E-state index in [2.05, 4.69) is 16.2 Å². The Morgan fingerprint density at radius 3 is 2.77 bits per heavy atom. The largest absolute Gasteiger partial charge is 0.434 e. The summed E-state index contributed by atoms with van der Waals surface area (Å²) in [6, 6.07) is 6.27. The molecule has 0 N–H and O–H groups in total. The highest BCUT2D eigenvalue weighted by atomic mass is 19.1. The standard InChI is InChI=1S/C19H15F2N3O2/c20-13-6-8-16(14(21)10-13)26-17-9-7-15-18(12-4-2-1-3-5-12)19(25)22-11-24(15)23-17/h4,6-11H,1-3,5H2. The van der Waals surface area contributed by atoms with E-state index in [-0.39, 0.29) is 17.2 Å². The number of rotatable bonds is 3. The van der Waals surface area contributed by atoms with Gasteiger partial charge in [0.1, 0.15) is 12.1 Å². The first-order valence-corrected chi connectivity index (χ1v) is 8.33. The van der Waals surface area contributed by atoms with Gasteiger partial charge in [0.25, 0.3) is 5.56 Å². The van der Waals surface area contributed by atoms with Crippen LogP contribution in [0.15, 0.2) is 47.5 Å². The van der Waals surface area contributed by atoms with Crippen molar-refractivity contribution in [1.82, 2.24) is 14.6 Å². The molecule has 0 radical (unpaired) electrons. The molecule has 0 unspecified atom stereocenters. The molecule has 1 aliphatic rings. The Labute approximate surface area is 147 Å². The molecular weight excluding hydrogens is 340 g/mol. The van der Waals surface area contributed by atoms with Gasteiger partial charge in [0.2, 0.25) is 5.88 Å². The van der Waals surface area contributed by atoms with Crippen LogP contribution in [0.25, 0.3) is 11.1 Å². The topological polar surface area (TPSA) is 56.5 Å². The van der Waals surface area contributed by atoms with Gasteiger partial charge in [-0.2, -0.15) is 4.98 Å². The fraction of sp³-hybridized carbons (Fsp3) is 0.211. The van der Waals surface area contributed by atoms with Crippen molar-refractivity contribution in [3.63, 3.8) is 0 Å². The molecule has 0 saturated carbocycles. The molecule has 5 nitrogen and oxygen atoms in total. The van der Waals surface area contributed by atoms with Crippen LogP contribution in [0.5, 0.6) is 11.6 Å². The van der Waals surface area contributed by atoms with Gasteiger partial charge >= 0.3 is 0 Å². The summed E-state index contributed by atoms with van der Waals surface area (Å²) in [4.78, 5) is 16.2. The van der Waals surface area contributed by atoms with E-state index in [0.29, 0.717) is 11.1 Å². The van der Waals surface area contributed by atoms with Gasteiger partial charge in [-0.05, 0) is 49.5 Å². The number of fused-ring (bicyclic) bond motifs is 1. The zero-order valence-corrected chi connectivity index (χ0v) is 13.8. The molecule has 132 valence electrons. The van der Waals surface area contributed by atoms with E-state index >= 15 is 0 Å². The molecule has 0 amide bonds. The minimum absolute atomic E-state index is 0.108. The Bertz CT molecular complexity index is 1080. The monoisotopic (exact) mass is 355 g/mol. The summed E-state index contributed by atoms with van der Waals surface area (Å²) in [5.74, 6) is -1.54. The molecule has 0 atom stereocenters. The van der Waals surface area contributed by atoms with E-state index in [4.69, 9.17) is 4.74 Å². The Kier molecular flexibility index (Phi) is 4.20. The molecule has 1 aromatic carbocycles. The first-order chi connectivity index (χ1) is 12.6. The normalized spacial score (nSPS) is 14.3. The van der Waals surface area contributed by atoms with Crippen molar-refractivity contribution < 1.29 is 13.5 Å². The van der Waals surface area contributed by atoms with Crippen LogP contribution in [-0.2, 0) is 0 Å². The van der Waals surface area contributed by atoms with Crippen molar-refractivity contribution in [1.29, 1.82) is 0 Å².